The first-order chi connectivity index (χ1) is 11.6. The summed E-state index contributed by atoms with van der Waals surface area (Å²) in [6.07, 6.45) is 6.32. The Balaban J connectivity index is 1.90. The van der Waals surface area contributed by atoms with Crippen molar-refractivity contribution in [1.82, 2.24) is 9.88 Å². The Hall–Kier alpha value is -2.07. The van der Waals surface area contributed by atoms with Crippen molar-refractivity contribution < 1.29 is 4.79 Å². The molecule has 128 valence electrons. The molecule has 5 heteroatoms. The van der Waals surface area contributed by atoms with Crippen LogP contribution in [0.25, 0.3) is 0 Å². The van der Waals surface area contributed by atoms with Crippen molar-refractivity contribution >= 4 is 23.2 Å². The van der Waals surface area contributed by atoms with Crippen molar-refractivity contribution in [3.63, 3.8) is 0 Å². The van der Waals surface area contributed by atoms with Gasteiger partial charge in [-0.2, -0.15) is 0 Å². The number of rotatable bonds is 8. The summed E-state index contributed by atoms with van der Waals surface area (Å²) in [7, 11) is 1.83. The molecular weight excluding hydrogens is 322 g/mol. The molecule has 0 saturated heterocycles. The van der Waals surface area contributed by atoms with Gasteiger partial charge < -0.3 is 10.2 Å². The number of halogens is 1. The lowest BCUT2D eigenvalue weighted by atomic mass is 10.1. The summed E-state index contributed by atoms with van der Waals surface area (Å²) >= 11 is 5.89. The molecule has 0 fully saturated rings. The topological polar surface area (TPSA) is 45.2 Å². The molecule has 0 aliphatic rings. The standard InChI is InChI=1S/C19H24ClN3O/c1-3-4-11-23(2)19(24)16-12-18(14-21-13-16)22-10-9-15-5-7-17(20)8-6-15/h5-8,12-14,22H,3-4,9-11H2,1-2H3. The summed E-state index contributed by atoms with van der Waals surface area (Å²) in [5.74, 6) is 0.0114. The number of pyridine rings is 1. The van der Waals surface area contributed by atoms with E-state index < -0.39 is 0 Å². The van der Waals surface area contributed by atoms with Crippen LogP contribution < -0.4 is 5.32 Å². The van der Waals surface area contributed by atoms with E-state index in [1.165, 1.54) is 5.56 Å². The first kappa shape index (κ1) is 18.3. The van der Waals surface area contributed by atoms with E-state index in [2.05, 4.69) is 17.2 Å². The molecule has 1 amide bonds. The van der Waals surface area contributed by atoms with Crippen molar-refractivity contribution in [2.24, 2.45) is 0 Å². The molecule has 1 N–H and O–H groups in total. The zero-order valence-electron chi connectivity index (χ0n) is 14.3. The Morgan fingerprint density at radius 2 is 2.00 bits per heavy atom. The van der Waals surface area contributed by atoms with Crippen molar-refractivity contribution in [3.05, 3.63) is 58.9 Å². The number of amides is 1. The van der Waals surface area contributed by atoms with Gasteiger partial charge in [0.2, 0.25) is 0 Å². The molecule has 0 spiro atoms. The van der Waals surface area contributed by atoms with Crippen molar-refractivity contribution in [2.75, 3.05) is 25.5 Å². The van der Waals surface area contributed by atoms with Gasteiger partial charge in [-0.05, 0) is 36.6 Å². The van der Waals surface area contributed by atoms with Crippen molar-refractivity contribution in [1.29, 1.82) is 0 Å². The predicted octanol–water partition coefficient (Wildman–Crippen LogP) is 4.26. The highest BCUT2D eigenvalue weighted by Crippen LogP contribution is 2.13. The van der Waals surface area contributed by atoms with Gasteiger partial charge in [0.25, 0.3) is 5.91 Å². The van der Waals surface area contributed by atoms with E-state index >= 15 is 0 Å². The minimum Gasteiger partial charge on any atom is -0.383 e. The molecule has 2 aromatic rings. The van der Waals surface area contributed by atoms with Gasteiger partial charge in [-0.1, -0.05) is 37.1 Å². The highest BCUT2D eigenvalue weighted by atomic mass is 35.5. The lowest BCUT2D eigenvalue weighted by Crippen LogP contribution is -2.27. The molecule has 1 aromatic heterocycles. The summed E-state index contributed by atoms with van der Waals surface area (Å²) in [5.41, 5.74) is 2.69. The quantitative estimate of drug-likeness (QED) is 0.777. The van der Waals surface area contributed by atoms with Gasteiger partial charge in [0, 0.05) is 37.6 Å². The summed E-state index contributed by atoms with van der Waals surface area (Å²) in [6, 6.07) is 9.68. The highest BCUT2D eigenvalue weighted by Gasteiger charge is 2.12. The van der Waals surface area contributed by atoms with Gasteiger partial charge in [-0.3, -0.25) is 9.78 Å². The number of hydrogen-bond acceptors (Lipinski definition) is 3. The fraction of sp³-hybridized carbons (Fsp3) is 0.368. The van der Waals surface area contributed by atoms with E-state index in [-0.39, 0.29) is 5.91 Å². The van der Waals surface area contributed by atoms with Crippen LogP contribution in [-0.2, 0) is 6.42 Å². The van der Waals surface area contributed by atoms with E-state index in [4.69, 9.17) is 11.6 Å². The van der Waals surface area contributed by atoms with Crippen LogP contribution in [-0.4, -0.2) is 35.9 Å². The molecule has 0 aliphatic heterocycles. The molecule has 0 saturated carbocycles. The molecule has 24 heavy (non-hydrogen) atoms. The van der Waals surface area contributed by atoms with E-state index in [9.17, 15) is 4.79 Å². The molecule has 0 bridgehead atoms. The second kappa shape index (κ2) is 9.28. The van der Waals surface area contributed by atoms with Crippen molar-refractivity contribution in [2.45, 2.75) is 26.2 Å². The van der Waals surface area contributed by atoms with Crippen LogP contribution in [0.3, 0.4) is 0 Å². The number of hydrogen-bond donors (Lipinski definition) is 1. The van der Waals surface area contributed by atoms with Gasteiger partial charge in [-0.25, -0.2) is 0 Å². The van der Waals surface area contributed by atoms with E-state index in [0.29, 0.717) is 5.56 Å². The highest BCUT2D eigenvalue weighted by molar-refractivity contribution is 6.30. The number of nitrogens with zero attached hydrogens (tertiary/aromatic N) is 2. The summed E-state index contributed by atoms with van der Waals surface area (Å²) in [5, 5.41) is 4.06. The number of aromatic nitrogens is 1. The second-order valence-electron chi connectivity index (χ2n) is 5.85. The van der Waals surface area contributed by atoms with Crippen LogP contribution >= 0.6 is 11.6 Å². The van der Waals surface area contributed by atoms with E-state index in [1.54, 1.807) is 17.3 Å². The van der Waals surface area contributed by atoms with Gasteiger partial charge in [0.1, 0.15) is 0 Å². The van der Waals surface area contributed by atoms with Gasteiger partial charge in [0.15, 0.2) is 0 Å². The molecule has 0 atom stereocenters. The molecular formula is C19H24ClN3O. The minimum absolute atomic E-state index is 0.0114. The molecule has 4 nitrogen and oxygen atoms in total. The summed E-state index contributed by atoms with van der Waals surface area (Å²) in [6.45, 7) is 3.65. The molecule has 1 aromatic carbocycles. The Morgan fingerprint density at radius 1 is 1.25 bits per heavy atom. The van der Waals surface area contributed by atoms with Crippen LogP contribution in [0.15, 0.2) is 42.7 Å². The zero-order valence-corrected chi connectivity index (χ0v) is 15.0. The Bertz CT molecular complexity index is 658. The Morgan fingerprint density at radius 3 is 2.71 bits per heavy atom. The van der Waals surface area contributed by atoms with Crippen LogP contribution in [0.4, 0.5) is 5.69 Å². The third kappa shape index (κ3) is 5.53. The number of nitrogens with one attached hydrogen (secondary N) is 1. The molecule has 0 aliphatic carbocycles. The van der Waals surface area contributed by atoms with Crippen LogP contribution in [0.5, 0.6) is 0 Å². The maximum absolute atomic E-state index is 12.4. The molecule has 0 radical (unpaired) electrons. The van der Waals surface area contributed by atoms with Crippen LogP contribution in [0, 0.1) is 0 Å². The van der Waals surface area contributed by atoms with Crippen LogP contribution in [0.1, 0.15) is 35.7 Å². The fourth-order valence-corrected chi connectivity index (χ4v) is 2.50. The SMILES string of the molecule is CCCCN(C)C(=O)c1cncc(NCCc2ccc(Cl)cc2)c1. The average Bonchev–Trinajstić information content (AvgIpc) is 2.61. The largest absolute Gasteiger partial charge is 0.383 e. The van der Waals surface area contributed by atoms with Crippen LogP contribution in [0.2, 0.25) is 5.02 Å². The lowest BCUT2D eigenvalue weighted by Gasteiger charge is -2.17. The normalized spacial score (nSPS) is 10.5. The summed E-state index contributed by atoms with van der Waals surface area (Å²) < 4.78 is 0. The summed E-state index contributed by atoms with van der Waals surface area (Å²) in [4.78, 5) is 18.3. The van der Waals surface area contributed by atoms with E-state index in [1.807, 2.05) is 37.4 Å². The van der Waals surface area contributed by atoms with Gasteiger partial charge >= 0.3 is 0 Å². The Kier molecular flexibility index (Phi) is 7.07. The van der Waals surface area contributed by atoms with Gasteiger partial charge in [0.05, 0.1) is 11.3 Å². The minimum atomic E-state index is 0.0114. The third-order valence-electron chi connectivity index (χ3n) is 3.84. The number of carbonyl (C=O) groups excluding carboxylic acids is 1. The average molecular weight is 346 g/mol. The fourth-order valence-electron chi connectivity index (χ4n) is 2.37. The molecule has 2 rings (SSSR count). The molecule has 0 unspecified atom stereocenters. The number of carbonyl (C=O) groups is 1. The maximum Gasteiger partial charge on any atom is 0.255 e. The maximum atomic E-state index is 12.4. The Labute approximate surface area is 148 Å². The monoisotopic (exact) mass is 345 g/mol. The first-order valence-corrected chi connectivity index (χ1v) is 8.66. The lowest BCUT2D eigenvalue weighted by molar-refractivity contribution is 0.0793. The predicted molar refractivity (Wildman–Crippen MR) is 99.8 cm³/mol. The zero-order chi connectivity index (χ0) is 17.4. The third-order valence-corrected chi connectivity index (χ3v) is 4.09. The second-order valence-corrected chi connectivity index (χ2v) is 6.28. The number of anilines is 1. The number of benzene rings is 1. The van der Waals surface area contributed by atoms with Crippen molar-refractivity contribution in [3.8, 4) is 0 Å². The first-order valence-electron chi connectivity index (χ1n) is 8.29. The smallest absolute Gasteiger partial charge is 0.255 e. The number of unbranched alkanes of at least 4 members (excludes halogenated alkanes) is 1. The molecule has 1 heterocycles. The van der Waals surface area contributed by atoms with Gasteiger partial charge in [-0.15, -0.1) is 0 Å². The van der Waals surface area contributed by atoms with E-state index in [0.717, 1.165) is 43.1 Å².